The van der Waals surface area contributed by atoms with E-state index in [9.17, 15) is 9.59 Å². The number of nitrogens with zero attached hydrogens (tertiary/aromatic N) is 1. The second kappa shape index (κ2) is 6.72. The van der Waals surface area contributed by atoms with Crippen molar-refractivity contribution in [3.05, 3.63) is 35.4 Å². The third-order valence-electron chi connectivity index (χ3n) is 4.07. The van der Waals surface area contributed by atoms with Crippen LogP contribution in [0.25, 0.3) is 0 Å². The van der Waals surface area contributed by atoms with Crippen molar-refractivity contribution in [1.82, 2.24) is 15.5 Å². The highest BCUT2D eigenvalue weighted by Crippen LogP contribution is 2.19. The monoisotopic (exact) mass is 289 g/mol. The molecule has 2 unspecified atom stereocenters. The smallest absolute Gasteiger partial charge is 0.251 e. The Morgan fingerprint density at radius 1 is 1.29 bits per heavy atom. The molecule has 2 N–H and O–H groups in total. The van der Waals surface area contributed by atoms with Crippen LogP contribution in [0.5, 0.6) is 0 Å². The van der Waals surface area contributed by atoms with Gasteiger partial charge in [-0.25, -0.2) is 0 Å². The summed E-state index contributed by atoms with van der Waals surface area (Å²) in [4.78, 5) is 25.7. The van der Waals surface area contributed by atoms with Gasteiger partial charge in [0.25, 0.3) is 5.91 Å². The summed E-state index contributed by atoms with van der Waals surface area (Å²) in [5.41, 5.74) is 1.65. The molecule has 1 aliphatic heterocycles. The summed E-state index contributed by atoms with van der Waals surface area (Å²) in [6.45, 7) is 4.34. The Bertz CT molecular complexity index is 513. The highest BCUT2D eigenvalue weighted by molar-refractivity contribution is 5.93. The minimum Gasteiger partial charge on any atom is -0.355 e. The van der Waals surface area contributed by atoms with Gasteiger partial charge < -0.3 is 15.5 Å². The van der Waals surface area contributed by atoms with Gasteiger partial charge in [0.15, 0.2) is 0 Å². The van der Waals surface area contributed by atoms with E-state index in [0.29, 0.717) is 18.0 Å². The molecule has 0 saturated carbocycles. The molecule has 2 rings (SSSR count). The third-order valence-corrected chi connectivity index (χ3v) is 4.07. The van der Waals surface area contributed by atoms with Crippen molar-refractivity contribution in [1.29, 1.82) is 0 Å². The summed E-state index contributed by atoms with van der Waals surface area (Å²) < 4.78 is 0. The molecular formula is C16H23N3O2. The van der Waals surface area contributed by atoms with Gasteiger partial charge in [0.1, 0.15) is 0 Å². The van der Waals surface area contributed by atoms with Crippen LogP contribution in [-0.2, 0) is 11.3 Å². The molecule has 0 bridgehead atoms. The quantitative estimate of drug-likeness (QED) is 0.864. The van der Waals surface area contributed by atoms with Gasteiger partial charge in [-0.3, -0.25) is 9.59 Å². The summed E-state index contributed by atoms with van der Waals surface area (Å²) >= 11 is 0. The zero-order valence-electron chi connectivity index (χ0n) is 12.8. The van der Waals surface area contributed by atoms with Crippen LogP contribution in [0, 0.1) is 11.8 Å². The van der Waals surface area contributed by atoms with Gasteiger partial charge in [0.05, 0.1) is 5.92 Å². The largest absolute Gasteiger partial charge is 0.355 e. The Balaban J connectivity index is 1.97. The molecule has 2 amide bonds. The lowest BCUT2D eigenvalue weighted by Crippen LogP contribution is -2.35. The maximum Gasteiger partial charge on any atom is 0.251 e. The van der Waals surface area contributed by atoms with Crippen molar-refractivity contribution in [2.24, 2.45) is 11.8 Å². The summed E-state index contributed by atoms with van der Waals surface area (Å²) in [7, 11) is 3.44. The molecular weight excluding hydrogens is 266 g/mol. The fraction of sp³-hybridized carbons (Fsp3) is 0.500. The van der Waals surface area contributed by atoms with Crippen LogP contribution in [-0.4, -0.2) is 43.9 Å². The van der Waals surface area contributed by atoms with E-state index in [0.717, 1.165) is 18.7 Å². The van der Waals surface area contributed by atoms with Crippen LogP contribution >= 0.6 is 0 Å². The fourth-order valence-corrected chi connectivity index (χ4v) is 2.68. The molecule has 0 radical (unpaired) electrons. The van der Waals surface area contributed by atoms with Crippen LogP contribution in [0.3, 0.4) is 0 Å². The predicted molar refractivity (Wildman–Crippen MR) is 81.8 cm³/mol. The summed E-state index contributed by atoms with van der Waals surface area (Å²) in [6.07, 6.45) is 0. The van der Waals surface area contributed by atoms with Crippen LogP contribution in [0.1, 0.15) is 22.8 Å². The molecule has 0 aliphatic carbocycles. The third kappa shape index (κ3) is 3.61. The van der Waals surface area contributed by atoms with E-state index in [1.54, 1.807) is 24.1 Å². The minimum absolute atomic E-state index is 0.0696. The van der Waals surface area contributed by atoms with Gasteiger partial charge in [0.2, 0.25) is 5.91 Å². The molecule has 114 valence electrons. The predicted octanol–water partition coefficient (Wildman–Crippen LogP) is 0.860. The number of hydrogen-bond acceptors (Lipinski definition) is 3. The zero-order valence-corrected chi connectivity index (χ0v) is 12.8. The highest BCUT2D eigenvalue weighted by atomic mass is 16.2. The Morgan fingerprint density at radius 2 is 1.95 bits per heavy atom. The van der Waals surface area contributed by atoms with Crippen molar-refractivity contribution in [2.45, 2.75) is 13.5 Å². The zero-order chi connectivity index (χ0) is 15.4. The standard InChI is InChI=1S/C16H23N3O2/c1-11-8-18-9-14(11)16(21)19(3)10-12-4-6-13(7-5-12)15(20)17-2/h4-7,11,14,18H,8-10H2,1-3H3,(H,17,20). The summed E-state index contributed by atoms with van der Waals surface area (Å²) in [5.74, 6) is 0.537. The lowest BCUT2D eigenvalue weighted by Gasteiger charge is -2.23. The number of nitrogens with one attached hydrogen (secondary N) is 2. The van der Waals surface area contributed by atoms with Gasteiger partial charge in [-0.15, -0.1) is 0 Å². The average molecular weight is 289 g/mol. The number of amides is 2. The Hall–Kier alpha value is -1.88. The fourth-order valence-electron chi connectivity index (χ4n) is 2.68. The van der Waals surface area contributed by atoms with Gasteiger partial charge >= 0.3 is 0 Å². The topological polar surface area (TPSA) is 61.4 Å². The van der Waals surface area contributed by atoms with Crippen LogP contribution in [0.2, 0.25) is 0 Å². The number of rotatable bonds is 4. The SMILES string of the molecule is CNC(=O)c1ccc(CN(C)C(=O)C2CNCC2C)cc1. The van der Waals surface area contributed by atoms with E-state index >= 15 is 0 Å². The maximum absolute atomic E-state index is 12.4. The molecule has 1 fully saturated rings. The Labute approximate surface area is 125 Å². The van der Waals surface area contributed by atoms with Gasteiger partial charge in [-0.2, -0.15) is 0 Å². The van der Waals surface area contributed by atoms with E-state index in [1.165, 1.54) is 0 Å². The molecule has 1 saturated heterocycles. The molecule has 1 aromatic rings. The summed E-state index contributed by atoms with van der Waals surface area (Å²) in [6, 6.07) is 7.35. The molecule has 0 aromatic heterocycles. The second-order valence-corrected chi connectivity index (χ2v) is 5.71. The van der Waals surface area contributed by atoms with Crippen LogP contribution in [0.4, 0.5) is 0 Å². The van der Waals surface area contributed by atoms with E-state index in [4.69, 9.17) is 0 Å². The molecule has 21 heavy (non-hydrogen) atoms. The van der Waals surface area contributed by atoms with Crippen LogP contribution < -0.4 is 10.6 Å². The molecule has 2 atom stereocenters. The molecule has 1 aromatic carbocycles. The number of carbonyl (C=O) groups excluding carboxylic acids is 2. The second-order valence-electron chi connectivity index (χ2n) is 5.71. The molecule has 5 heteroatoms. The van der Waals surface area contributed by atoms with Gasteiger partial charge in [0, 0.05) is 32.7 Å². The summed E-state index contributed by atoms with van der Waals surface area (Å²) in [5, 5.41) is 5.85. The highest BCUT2D eigenvalue weighted by Gasteiger charge is 2.31. The Kier molecular flexibility index (Phi) is 4.96. The van der Waals surface area contributed by atoms with Crippen molar-refractivity contribution in [3.63, 3.8) is 0 Å². The van der Waals surface area contributed by atoms with Crippen molar-refractivity contribution in [3.8, 4) is 0 Å². The first-order chi connectivity index (χ1) is 10.0. The first-order valence-corrected chi connectivity index (χ1v) is 7.29. The molecule has 5 nitrogen and oxygen atoms in total. The van der Waals surface area contributed by atoms with E-state index in [1.807, 2.05) is 19.2 Å². The number of carbonyl (C=O) groups is 2. The van der Waals surface area contributed by atoms with Gasteiger partial charge in [-0.05, 0) is 30.2 Å². The van der Waals surface area contributed by atoms with E-state index in [-0.39, 0.29) is 17.7 Å². The normalized spacial score (nSPS) is 21.1. The molecule has 1 heterocycles. The lowest BCUT2D eigenvalue weighted by atomic mass is 9.96. The lowest BCUT2D eigenvalue weighted by molar-refractivity contribution is -0.135. The van der Waals surface area contributed by atoms with Crippen molar-refractivity contribution < 1.29 is 9.59 Å². The number of hydrogen-bond donors (Lipinski definition) is 2. The minimum atomic E-state index is -0.100. The van der Waals surface area contributed by atoms with Gasteiger partial charge in [-0.1, -0.05) is 19.1 Å². The average Bonchev–Trinajstić information content (AvgIpc) is 2.92. The van der Waals surface area contributed by atoms with Crippen molar-refractivity contribution in [2.75, 3.05) is 27.2 Å². The molecule has 1 aliphatic rings. The molecule has 0 spiro atoms. The first-order valence-electron chi connectivity index (χ1n) is 7.29. The maximum atomic E-state index is 12.4. The van der Waals surface area contributed by atoms with Crippen molar-refractivity contribution >= 4 is 11.8 Å². The number of benzene rings is 1. The first kappa shape index (κ1) is 15.5. The van der Waals surface area contributed by atoms with E-state index < -0.39 is 0 Å². The van der Waals surface area contributed by atoms with E-state index in [2.05, 4.69) is 17.6 Å². The Morgan fingerprint density at radius 3 is 2.48 bits per heavy atom. The van der Waals surface area contributed by atoms with Crippen LogP contribution in [0.15, 0.2) is 24.3 Å².